The van der Waals surface area contributed by atoms with Gasteiger partial charge in [-0.1, -0.05) is 6.92 Å². The van der Waals surface area contributed by atoms with Gasteiger partial charge in [-0.05, 0) is 36.9 Å². The lowest BCUT2D eigenvalue weighted by molar-refractivity contribution is 0.171. The van der Waals surface area contributed by atoms with Crippen LogP contribution in [0.4, 0.5) is 0 Å². The summed E-state index contributed by atoms with van der Waals surface area (Å²) in [6.45, 7) is 5.40. The van der Waals surface area contributed by atoms with Crippen molar-refractivity contribution in [3.8, 4) is 11.5 Å². The van der Waals surface area contributed by atoms with Crippen LogP contribution in [0.15, 0.2) is 17.0 Å². The molecule has 0 saturated heterocycles. The highest BCUT2D eigenvalue weighted by Crippen LogP contribution is 2.36. The molecule has 1 aliphatic heterocycles. The summed E-state index contributed by atoms with van der Waals surface area (Å²) in [5, 5.41) is 3.42. The molecule has 0 aromatic heterocycles. The minimum atomic E-state index is 0.646. The summed E-state index contributed by atoms with van der Waals surface area (Å²) in [7, 11) is 0. The van der Waals surface area contributed by atoms with Gasteiger partial charge >= 0.3 is 0 Å². The van der Waals surface area contributed by atoms with Crippen molar-refractivity contribution in [3.05, 3.63) is 17.7 Å². The number of hydrogen-bond donors (Lipinski definition) is 1. The molecule has 3 nitrogen and oxygen atoms in total. The number of thioether (sulfide) groups is 1. The highest BCUT2D eigenvalue weighted by molar-refractivity contribution is 7.98. The first-order valence-electron chi connectivity index (χ1n) is 6.02. The fraction of sp³-hybridized carbons (Fsp3) is 0.538. The molecule has 94 valence electrons. The van der Waals surface area contributed by atoms with Crippen LogP contribution in [0.25, 0.3) is 0 Å². The molecule has 0 unspecified atom stereocenters. The van der Waals surface area contributed by atoms with Gasteiger partial charge in [-0.15, -0.1) is 11.8 Å². The number of fused-ring (bicyclic) bond motifs is 1. The number of rotatable bonds is 5. The normalized spacial score (nSPS) is 13.8. The lowest BCUT2D eigenvalue weighted by Gasteiger charge is -2.20. The molecule has 4 heteroatoms. The monoisotopic (exact) mass is 253 g/mol. The van der Waals surface area contributed by atoms with Crippen molar-refractivity contribution in [1.29, 1.82) is 0 Å². The van der Waals surface area contributed by atoms with E-state index >= 15 is 0 Å². The van der Waals surface area contributed by atoms with Gasteiger partial charge in [-0.25, -0.2) is 0 Å². The van der Waals surface area contributed by atoms with Crippen molar-refractivity contribution >= 4 is 11.8 Å². The second kappa shape index (κ2) is 6.17. The Balaban J connectivity index is 2.17. The van der Waals surface area contributed by atoms with E-state index in [0.29, 0.717) is 13.2 Å². The van der Waals surface area contributed by atoms with E-state index in [0.717, 1.165) is 31.0 Å². The predicted molar refractivity (Wildman–Crippen MR) is 71.2 cm³/mol. The Labute approximate surface area is 107 Å². The van der Waals surface area contributed by atoms with Crippen molar-refractivity contribution in [2.75, 3.05) is 26.0 Å². The molecular formula is C13H19NO2S. The lowest BCUT2D eigenvalue weighted by atomic mass is 10.2. The van der Waals surface area contributed by atoms with Gasteiger partial charge in [0, 0.05) is 11.4 Å². The molecule has 1 N–H and O–H groups in total. The van der Waals surface area contributed by atoms with E-state index in [-0.39, 0.29) is 0 Å². The molecule has 0 fully saturated rings. The topological polar surface area (TPSA) is 30.5 Å². The van der Waals surface area contributed by atoms with E-state index in [4.69, 9.17) is 9.47 Å². The Morgan fingerprint density at radius 3 is 2.59 bits per heavy atom. The zero-order chi connectivity index (χ0) is 12.1. The standard InChI is InChI=1S/C13H19NO2S/c1-3-4-14-9-10-7-11-12(8-13(10)17-2)16-6-5-15-11/h7-8,14H,3-6,9H2,1-2H3. The first-order chi connectivity index (χ1) is 8.35. The van der Waals surface area contributed by atoms with E-state index < -0.39 is 0 Å². The second-order valence-corrected chi connectivity index (χ2v) is 4.83. The SMILES string of the molecule is CCCNCc1cc2c(cc1SC)OCCO2. The summed E-state index contributed by atoms with van der Waals surface area (Å²) >= 11 is 1.75. The number of ether oxygens (including phenoxy) is 2. The summed E-state index contributed by atoms with van der Waals surface area (Å²) in [6.07, 6.45) is 3.24. The number of hydrogen-bond acceptors (Lipinski definition) is 4. The largest absolute Gasteiger partial charge is 0.486 e. The van der Waals surface area contributed by atoms with Crippen LogP contribution >= 0.6 is 11.8 Å². The molecule has 0 aliphatic carbocycles. The van der Waals surface area contributed by atoms with Gasteiger partial charge < -0.3 is 14.8 Å². The van der Waals surface area contributed by atoms with E-state index in [2.05, 4.69) is 30.6 Å². The quantitative estimate of drug-likeness (QED) is 0.645. The third-order valence-electron chi connectivity index (χ3n) is 2.69. The van der Waals surface area contributed by atoms with Gasteiger partial charge in [-0.3, -0.25) is 0 Å². The number of nitrogens with one attached hydrogen (secondary N) is 1. The average Bonchev–Trinajstić information content (AvgIpc) is 2.38. The molecule has 0 amide bonds. The van der Waals surface area contributed by atoms with Crippen LogP contribution in [-0.4, -0.2) is 26.0 Å². The van der Waals surface area contributed by atoms with E-state index in [1.54, 1.807) is 11.8 Å². The van der Waals surface area contributed by atoms with Crippen molar-refractivity contribution < 1.29 is 9.47 Å². The average molecular weight is 253 g/mol. The zero-order valence-corrected chi connectivity index (χ0v) is 11.2. The summed E-state index contributed by atoms with van der Waals surface area (Å²) in [4.78, 5) is 1.26. The summed E-state index contributed by atoms with van der Waals surface area (Å²) in [5.41, 5.74) is 1.29. The fourth-order valence-corrected chi connectivity index (χ4v) is 2.46. The predicted octanol–water partition coefficient (Wildman–Crippen LogP) is 2.68. The lowest BCUT2D eigenvalue weighted by Crippen LogP contribution is -2.17. The minimum absolute atomic E-state index is 0.646. The Bertz CT molecular complexity index is 382. The van der Waals surface area contributed by atoms with Gasteiger partial charge in [0.25, 0.3) is 0 Å². The molecule has 2 rings (SSSR count). The van der Waals surface area contributed by atoms with E-state index in [1.807, 2.05) is 0 Å². The highest BCUT2D eigenvalue weighted by Gasteiger charge is 2.15. The molecule has 0 spiro atoms. The molecule has 0 radical (unpaired) electrons. The van der Waals surface area contributed by atoms with Crippen LogP contribution in [0.5, 0.6) is 11.5 Å². The molecule has 1 aromatic carbocycles. The first-order valence-corrected chi connectivity index (χ1v) is 7.25. The summed E-state index contributed by atoms with van der Waals surface area (Å²) in [5.74, 6) is 1.75. The Morgan fingerprint density at radius 1 is 1.24 bits per heavy atom. The van der Waals surface area contributed by atoms with Crippen molar-refractivity contribution in [2.24, 2.45) is 0 Å². The molecule has 1 aliphatic rings. The van der Waals surface area contributed by atoms with Crippen molar-refractivity contribution in [1.82, 2.24) is 5.32 Å². The third-order valence-corrected chi connectivity index (χ3v) is 3.51. The first kappa shape index (κ1) is 12.6. The van der Waals surface area contributed by atoms with Crippen LogP contribution < -0.4 is 14.8 Å². The van der Waals surface area contributed by atoms with Crippen molar-refractivity contribution in [2.45, 2.75) is 24.8 Å². The van der Waals surface area contributed by atoms with E-state index in [1.165, 1.54) is 10.5 Å². The molecule has 0 bridgehead atoms. The summed E-state index contributed by atoms with van der Waals surface area (Å²) < 4.78 is 11.2. The molecular weight excluding hydrogens is 234 g/mol. The Kier molecular flexibility index (Phi) is 4.57. The maximum absolute atomic E-state index is 5.61. The second-order valence-electron chi connectivity index (χ2n) is 3.98. The maximum Gasteiger partial charge on any atom is 0.162 e. The van der Waals surface area contributed by atoms with E-state index in [9.17, 15) is 0 Å². The van der Waals surface area contributed by atoms with Crippen LogP contribution in [0.3, 0.4) is 0 Å². The van der Waals surface area contributed by atoms with Gasteiger partial charge in [0.1, 0.15) is 13.2 Å². The molecule has 1 aromatic rings. The van der Waals surface area contributed by atoms with Crippen LogP contribution in [-0.2, 0) is 6.54 Å². The maximum atomic E-state index is 5.61. The van der Waals surface area contributed by atoms with Gasteiger partial charge in [0.15, 0.2) is 11.5 Å². The van der Waals surface area contributed by atoms with Gasteiger partial charge in [0.2, 0.25) is 0 Å². The van der Waals surface area contributed by atoms with Crippen molar-refractivity contribution in [3.63, 3.8) is 0 Å². The third kappa shape index (κ3) is 3.07. The van der Waals surface area contributed by atoms with Gasteiger partial charge in [0.05, 0.1) is 0 Å². The Morgan fingerprint density at radius 2 is 1.94 bits per heavy atom. The van der Waals surface area contributed by atoms with Gasteiger partial charge in [-0.2, -0.15) is 0 Å². The molecule has 17 heavy (non-hydrogen) atoms. The van der Waals surface area contributed by atoms with Crippen LogP contribution in [0, 0.1) is 0 Å². The minimum Gasteiger partial charge on any atom is -0.486 e. The fourth-order valence-electron chi connectivity index (χ4n) is 1.84. The Hall–Kier alpha value is -0.870. The van der Waals surface area contributed by atoms with Crippen LogP contribution in [0.2, 0.25) is 0 Å². The summed E-state index contributed by atoms with van der Waals surface area (Å²) in [6, 6.07) is 4.19. The molecule has 0 saturated carbocycles. The number of benzene rings is 1. The van der Waals surface area contributed by atoms with Crippen LogP contribution in [0.1, 0.15) is 18.9 Å². The smallest absolute Gasteiger partial charge is 0.162 e. The molecule has 1 heterocycles. The highest BCUT2D eigenvalue weighted by atomic mass is 32.2. The molecule has 0 atom stereocenters. The zero-order valence-electron chi connectivity index (χ0n) is 10.4.